The molecule has 4 rings (SSSR count). The Kier molecular flexibility index (Phi) is 4.52. The normalized spacial score (nSPS) is 12.3. The monoisotopic (exact) mass is 363 g/mol. The number of benzene rings is 1. The van der Waals surface area contributed by atoms with Gasteiger partial charge in [0.2, 0.25) is 0 Å². The second-order valence-electron chi connectivity index (χ2n) is 6.13. The number of H-pyrrole nitrogens is 1. The number of aliphatic hydroxyl groups excluding tert-OH is 1. The Labute approximate surface area is 155 Å². The van der Waals surface area contributed by atoms with E-state index < -0.39 is 6.23 Å². The summed E-state index contributed by atoms with van der Waals surface area (Å²) in [7, 11) is 0. The van der Waals surface area contributed by atoms with Crippen molar-refractivity contribution in [3.05, 3.63) is 60.8 Å². The summed E-state index contributed by atoms with van der Waals surface area (Å²) in [6.45, 7) is 1.88. The summed E-state index contributed by atoms with van der Waals surface area (Å²) in [5, 5.41) is 12.8. The first kappa shape index (κ1) is 17.1. The zero-order valence-electron chi connectivity index (χ0n) is 14.6. The summed E-state index contributed by atoms with van der Waals surface area (Å²) < 4.78 is 13.4. The molecule has 3 N–H and O–H groups in total. The van der Waals surface area contributed by atoms with Crippen LogP contribution in [0.1, 0.15) is 13.3 Å². The van der Waals surface area contributed by atoms with Crippen molar-refractivity contribution in [2.24, 2.45) is 0 Å². The zero-order chi connectivity index (χ0) is 18.8. The largest absolute Gasteiger partial charge is 0.374 e. The van der Waals surface area contributed by atoms with Crippen LogP contribution in [-0.4, -0.2) is 31.3 Å². The number of nitrogens with zero attached hydrogens (tertiary/aromatic N) is 3. The van der Waals surface area contributed by atoms with Crippen molar-refractivity contribution in [3.63, 3.8) is 0 Å². The van der Waals surface area contributed by atoms with Gasteiger partial charge in [-0.2, -0.15) is 0 Å². The molecule has 4 aromatic rings. The molecule has 0 spiro atoms. The molecule has 0 aliphatic carbocycles. The molecule has 3 aromatic heterocycles. The summed E-state index contributed by atoms with van der Waals surface area (Å²) >= 11 is 0. The fourth-order valence-corrected chi connectivity index (χ4v) is 2.96. The van der Waals surface area contributed by atoms with Crippen LogP contribution in [0.25, 0.3) is 33.5 Å². The van der Waals surface area contributed by atoms with Gasteiger partial charge in [0.15, 0.2) is 5.65 Å². The van der Waals surface area contributed by atoms with Gasteiger partial charge in [-0.25, -0.2) is 14.4 Å². The summed E-state index contributed by atoms with van der Waals surface area (Å²) in [4.78, 5) is 16.4. The highest BCUT2D eigenvalue weighted by Crippen LogP contribution is 2.37. The summed E-state index contributed by atoms with van der Waals surface area (Å²) in [5.41, 5.74) is 4.68. The molecule has 3 heterocycles. The molecule has 0 saturated carbocycles. The minimum Gasteiger partial charge on any atom is -0.374 e. The van der Waals surface area contributed by atoms with Crippen molar-refractivity contribution >= 4 is 17.0 Å². The number of rotatable bonds is 5. The fourth-order valence-electron chi connectivity index (χ4n) is 2.96. The highest BCUT2D eigenvalue weighted by molar-refractivity contribution is 6.00. The number of pyridine rings is 1. The molecule has 1 aromatic carbocycles. The molecule has 0 aliphatic rings. The molecule has 1 atom stereocenters. The number of aliphatic hydroxyl groups is 1. The highest BCUT2D eigenvalue weighted by Gasteiger charge is 2.17. The van der Waals surface area contributed by atoms with E-state index in [2.05, 4.69) is 25.3 Å². The van der Waals surface area contributed by atoms with Crippen LogP contribution in [0.15, 0.2) is 55.0 Å². The smallest absolute Gasteiger partial charge is 0.157 e. The van der Waals surface area contributed by atoms with Gasteiger partial charge in [0.1, 0.15) is 23.4 Å². The maximum atomic E-state index is 13.4. The van der Waals surface area contributed by atoms with E-state index in [1.165, 1.54) is 12.1 Å². The average molecular weight is 363 g/mol. The number of hydrogen-bond acceptors (Lipinski definition) is 5. The standard InChI is InChI=1S/C20H18FN5O/c1-2-16(27)25-15-11-13(7-8-22-15)18-17(12-3-5-14(21)6-4-12)19-20(26-18)24-10-9-23-19/h3-11,16,27H,2H2,1H3,(H,22,25)(H,24,26). The van der Waals surface area contributed by atoms with E-state index in [0.717, 1.165) is 22.4 Å². The van der Waals surface area contributed by atoms with Crippen molar-refractivity contribution in [1.82, 2.24) is 19.9 Å². The predicted octanol–water partition coefficient (Wildman–Crippen LogP) is 3.97. The average Bonchev–Trinajstić information content (AvgIpc) is 3.08. The van der Waals surface area contributed by atoms with Crippen molar-refractivity contribution in [3.8, 4) is 22.4 Å². The maximum Gasteiger partial charge on any atom is 0.157 e. The molecular weight excluding hydrogens is 345 g/mol. The van der Waals surface area contributed by atoms with E-state index in [-0.39, 0.29) is 5.82 Å². The molecule has 7 heteroatoms. The van der Waals surface area contributed by atoms with E-state index in [9.17, 15) is 9.50 Å². The van der Waals surface area contributed by atoms with Crippen molar-refractivity contribution in [2.75, 3.05) is 5.32 Å². The number of anilines is 1. The van der Waals surface area contributed by atoms with Crippen molar-refractivity contribution in [2.45, 2.75) is 19.6 Å². The Morgan fingerprint density at radius 2 is 1.81 bits per heavy atom. The number of aromatic amines is 1. The lowest BCUT2D eigenvalue weighted by molar-refractivity contribution is 0.199. The molecule has 6 nitrogen and oxygen atoms in total. The van der Waals surface area contributed by atoms with Gasteiger partial charge in [0, 0.05) is 29.7 Å². The molecule has 0 saturated heterocycles. The summed E-state index contributed by atoms with van der Waals surface area (Å²) in [6, 6.07) is 9.99. The van der Waals surface area contributed by atoms with Crippen LogP contribution < -0.4 is 5.32 Å². The van der Waals surface area contributed by atoms with Crippen LogP contribution in [0.5, 0.6) is 0 Å². The van der Waals surface area contributed by atoms with Crippen LogP contribution >= 0.6 is 0 Å². The maximum absolute atomic E-state index is 13.4. The minimum absolute atomic E-state index is 0.296. The number of hydrogen-bond donors (Lipinski definition) is 3. The first-order valence-electron chi connectivity index (χ1n) is 8.65. The lowest BCUT2D eigenvalue weighted by Gasteiger charge is -2.12. The third-order valence-electron chi connectivity index (χ3n) is 4.31. The molecule has 0 bridgehead atoms. The van der Waals surface area contributed by atoms with Gasteiger partial charge in [-0.1, -0.05) is 19.1 Å². The first-order chi connectivity index (χ1) is 13.2. The number of nitrogens with one attached hydrogen (secondary N) is 2. The quantitative estimate of drug-likeness (QED) is 0.467. The van der Waals surface area contributed by atoms with Crippen LogP contribution in [0.4, 0.5) is 10.2 Å². The van der Waals surface area contributed by atoms with Crippen LogP contribution in [0.2, 0.25) is 0 Å². The van der Waals surface area contributed by atoms with Crippen LogP contribution in [-0.2, 0) is 0 Å². The molecule has 27 heavy (non-hydrogen) atoms. The molecule has 0 aliphatic heterocycles. The second kappa shape index (κ2) is 7.13. The van der Waals surface area contributed by atoms with E-state index in [0.29, 0.717) is 23.4 Å². The van der Waals surface area contributed by atoms with Gasteiger partial charge < -0.3 is 15.4 Å². The van der Waals surface area contributed by atoms with Gasteiger partial charge >= 0.3 is 0 Å². The Bertz CT molecular complexity index is 1080. The highest BCUT2D eigenvalue weighted by atomic mass is 19.1. The Morgan fingerprint density at radius 1 is 1.04 bits per heavy atom. The Hall–Kier alpha value is -3.32. The third-order valence-corrected chi connectivity index (χ3v) is 4.31. The van der Waals surface area contributed by atoms with Crippen LogP contribution in [0.3, 0.4) is 0 Å². The van der Waals surface area contributed by atoms with Gasteiger partial charge in [0.25, 0.3) is 0 Å². The molecule has 0 amide bonds. The van der Waals surface area contributed by atoms with E-state index in [4.69, 9.17) is 0 Å². The van der Waals surface area contributed by atoms with E-state index in [1.807, 2.05) is 19.1 Å². The lowest BCUT2D eigenvalue weighted by atomic mass is 10.0. The molecular formula is C20H18FN5O. The van der Waals surface area contributed by atoms with Crippen LogP contribution in [0, 0.1) is 5.82 Å². The molecule has 0 fully saturated rings. The summed E-state index contributed by atoms with van der Waals surface area (Å²) in [6.07, 6.45) is 4.81. The van der Waals surface area contributed by atoms with Gasteiger partial charge in [-0.3, -0.25) is 4.98 Å². The molecule has 136 valence electrons. The predicted molar refractivity (Wildman–Crippen MR) is 102 cm³/mol. The van der Waals surface area contributed by atoms with Gasteiger partial charge in [-0.05, 0) is 36.2 Å². The zero-order valence-corrected chi connectivity index (χ0v) is 14.6. The number of fused-ring (bicyclic) bond motifs is 1. The second-order valence-corrected chi connectivity index (χ2v) is 6.13. The van der Waals surface area contributed by atoms with Crippen molar-refractivity contribution in [1.29, 1.82) is 0 Å². The SMILES string of the molecule is CCC(O)Nc1cc(-c2[nH]c3nccnc3c2-c2ccc(F)cc2)ccn1. The number of halogens is 1. The topological polar surface area (TPSA) is 86.7 Å². The molecule has 1 unspecified atom stereocenters. The van der Waals surface area contributed by atoms with Gasteiger partial charge in [-0.15, -0.1) is 0 Å². The van der Waals surface area contributed by atoms with Crippen molar-refractivity contribution < 1.29 is 9.50 Å². The van der Waals surface area contributed by atoms with E-state index in [1.54, 1.807) is 30.7 Å². The first-order valence-corrected chi connectivity index (χ1v) is 8.65. The minimum atomic E-state index is -0.671. The Balaban J connectivity index is 1.88. The lowest BCUT2D eigenvalue weighted by Crippen LogP contribution is -2.17. The summed E-state index contributed by atoms with van der Waals surface area (Å²) in [5.74, 6) is 0.265. The molecule has 0 radical (unpaired) electrons. The number of aromatic nitrogens is 4. The third kappa shape index (κ3) is 3.37. The Morgan fingerprint density at radius 3 is 2.59 bits per heavy atom. The van der Waals surface area contributed by atoms with Gasteiger partial charge in [0.05, 0.1) is 5.69 Å². The van der Waals surface area contributed by atoms with E-state index >= 15 is 0 Å². The fraction of sp³-hybridized carbons (Fsp3) is 0.150.